The number of aromatic nitrogens is 1. The molecule has 0 amide bonds. The maximum Gasteiger partial charge on any atom is 0.322 e. The molecule has 0 aliphatic carbocycles. The minimum Gasteiger partial charge on any atom is -0.480 e. The zero-order valence-corrected chi connectivity index (χ0v) is 12.1. The van der Waals surface area contributed by atoms with E-state index in [-0.39, 0.29) is 9.90 Å². The van der Waals surface area contributed by atoms with Crippen LogP contribution in [-0.2, 0) is 24.3 Å². The van der Waals surface area contributed by atoms with Crippen LogP contribution in [0.5, 0.6) is 0 Å². The molecule has 0 radical (unpaired) electrons. The summed E-state index contributed by atoms with van der Waals surface area (Å²) in [5.74, 6) is -2.40. The number of H-pyrrole nitrogens is 1. The maximum atomic E-state index is 12.0. The summed E-state index contributed by atoms with van der Waals surface area (Å²) in [4.78, 5) is 34.8. The summed E-state index contributed by atoms with van der Waals surface area (Å²) in [6, 6.07) is -1.68. The van der Waals surface area contributed by atoms with Crippen molar-refractivity contribution >= 4 is 33.3 Å². The molecule has 1 aromatic rings. The van der Waals surface area contributed by atoms with Crippen LogP contribution in [0.25, 0.3) is 0 Å². The SMILES string of the molecule is COC(=O)C[C@H](NS(=O)(=O)c1sc(=O)[nH]c1C)C(=O)O. The van der Waals surface area contributed by atoms with E-state index in [1.54, 1.807) is 0 Å². The van der Waals surface area contributed by atoms with Gasteiger partial charge in [-0.3, -0.25) is 14.4 Å². The molecule has 1 heterocycles. The molecule has 0 saturated heterocycles. The van der Waals surface area contributed by atoms with Gasteiger partial charge in [-0.25, -0.2) is 8.42 Å². The molecule has 0 aliphatic heterocycles. The van der Waals surface area contributed by atoms with E-state index in [0.717, 1.165) is 7.11 Å². The number of methoxy groups -OCH3 is 1. The Balaban J connectivity index is 3.03. The molecule has 3 N–H and O–H groups in total. The number of aliphatic carboxylic acids is 1. The molecule has 0 aliphatic rings. The average Bonchev–Trinajstić information content (AvgIpc) is 2.67. The van der Waals surface area contributed by atoms with Gasteiger partial charge in [0.15, 0.2) is 4.21 Å². The minimum atomic E-state index is -4.22. The van der Waals surface area contributed by atoms with Crippen LogP contribution in [0.3, 0.4) is 0 Å². The third-order valence-electron chi connectivity index (χ3n) is 2.22. The summed E-state index contributed by atoms with van der Waals surface area (Å²) in [7, 11) is -3.17. The van der Waals surface area contributed by atoms with E-state index in [9.17, 15) is 22.8 Å². The number of nitrogens with one attached hydrogen (secondary N) is 2. The van der Waals surface area contributed by atoms with Gasteiger partial charge < -0.3 is 14.8 Å². The molecule has 0 spiro atoms. The second-order valence-corrected chi connectivity index (χ2v) is 6.61. The van der Waals surface area contributed by atoms with Crippen molar-refractivity contribution in [1.82, 2.24) is 9.71 Å². The number of thiazole rings is 1. The molecule has 1 atom stereocenters. The fourth-order valence-electron chi connectivity index (χ4n) is 1.32. The first-order valence-corrected chi connectivity index (χ1v) is 7.49. The lowest BCUT2D eigenvalue weighted by Crippen LogP contribution is -2.42. The van der Waals surface area contributed by atoms with Gasteiger partial charge in [0.25, 0.3) is 10.0 Å². The first-order valence-electron chi connectivity index (χ1n) is 5.19. The molecule has 0 aromatic carbocycles. The van der Waals surface area contributed by atoms with E-state index < -0.39 is 39.3 Å². The van der Waals surface area contributed by atoms with Crippen LogP contribution in [0, 0.1) is 6.92 Å². The number of aryl methyl sites for hydroxylation is 1. The lowest BCUT2D eigenvalue weighted by atomic mass is 10.2. The molecular formula is C9H12N2O7S2. The van der Waals surface area contributed by atoms with Gasteiger partial charge in [0.2, 0.25) is 0 Å². The van der Waals surface area contributed by atoms with E-state index in [1.807, 2.05) is 4.72 Å². The van der Waals surface area contributed by atoms with Crippen LogP contribution >= 0.6 is 11.3 Å². The van der Waals surface area contributed by atoms with Crippen molar-refractivity contribution in [2.75, 3.05) is 7.11 Å². The molecule has 0 bridgehead atoms. The van der Waals surface area contributed by atoms with Crippen LogP contribution < -0.4 is 9.60 Å². The molecule has 1 aromatic heterocycles. The third-order valence-corrected chi connectivity index (χ3v) is 5.30. The Morgan fingerprint density at radius 3 is 2.50 bits per heavy atom. The first-order chi connectivity index (χ1) is 9.17. The highest BCUT2D eigenvalue weighted by Gasteiger charge is 2.30. The maximum absolute atomic E-state index is 12.0. The quantitative estimate of drug-likeness (QED) is 0.572. The van der Waals surface area contributed by atoms with Crippen LogP contribution in [0.2, 0.25) is 0 Å². The van der Waals surface area contributed by atoms with Crippen molar-refractivity contribution in [3.8, 4) is 0 Å². The Bertz CT molecular complexity index is 673. The van der Waals surface area contributed by atoms with E-state index in [1.165, 1.54) is 6.92 Å². The lowest BCUT2D eigenvalue weighted by Gasteiger charge is -2.12. The van der Waals surface area contributed by atoms with Crippen molar-refractivity contribution in [3.05, 3.63) is 15.4 Å². The van der Waals surface area contributed by atoms with Crippen molar-refractivity contribution in [2.45, 2.75) is 23.6 Å². The smallest absolute Gasteiger partial charge is 0.322 e. The van der Waals surface area contributed by atoms with Crippen LogP contribution in [-0.4, -0.2) is 43.6 Å². The molecule has 0 unspecified atom stereocenters. The minimum absolute atomic E-state index is 0.0923. The van der Waals surface area contributed by atoms with Gasteiger partial charge in [-0.2, -0.15) is 4.72 Å². The van der Waals surface area contributed by atoms with Gasteiger partial charge in [0.1, 0.15) is 6.04 Å². The molecule has 1 rings (SSSR count). The number of carboxylic acids is 1. The standard InChI is InChI=1S/C9H12N2O7S2/c1-4-8(19-9(15)10-4)20(16,17)11-5(7(13)14)3-6(12)18-2/h5,11H,3H2,1-2H3,(H,10,15)(H,13,14)/t5-/m0/s1. The topological polar surface area (TPSA) is 143 Å². The molecule has 20 heavy (non-hydrogen) atoms. The number of aromatic amines is 1. The highest BCUT2D eigenvalue weighted by Crippen LogP contribution is 2.16. The Hall–Kier alpha value is -1.72. The molecule has 9 nitrogen and oxygen atoms in total. The number of carbonyl (C=O) groups excluding carboxylic acids is 1. The number of sulfonamides is 1. The second kappa shape index (κ2) is 6.15. The summed E-state index contributed by atoms with van der Waals surface area (Å²) in [5.41, 5.74) is 0.0923. The van der Waals surface area contributed by atoms with E-state index in [2.05, 4.69) is 9.72 Å². The Kier molecular flexibility index (Phi) is 5.03. The number of hydrogen-bond acceptors (Lipinski definition) is 7. The number of carbonyl (C=O) groups is 2. The normalized spacial score (nSPS) is 12.9. The summed E-state index contributed by atoms with van der Waals surface area (Å²) in [6.45, 7) is 1.36. The van der Waals surface area contributed by atoms with E-state index >= 15 is 0 Å². The van der Waals surface area contributed by atoms with Crippen molar-refractivity contribution in [2.24, 2.45) is 0 Å². The van der Waals surface area contributed by atoms with Crippen LogP contribution in [0.4, 0.5) is 0 Å². The summed E-state index contributed by atoms with van der Waals surface area (Å²) >= 11 is 0.429. The van der Waals surface area contributed by atoms with E-state index in [4.69, 9.17) is 5.11 Å². The highest BCUT2D eigenvalue weighted by molar-refractivity contribution is 7.91. The monoisotopic (exact) mass is 324 g/mol. The number of ether oxygens (including phenoxy) is 1. The Morgan fingerprint density at radius 1 is 1.50 bits per heavy atom. The van der Waals surface area contributed by atoms with Crippen LogP contribution in [0.15, 0.2) is 9.00 Å². The average molecular weight is 324 g/mol. The van der Waals surface area contributed by atoms with Crippen molar-refractivity contribution in [1.29, 1.82) is 0 Å². The summed E-state index contributed by atoms with van der Waals surface area (Å²) in [6.07, 6.45) is -0.663. The molecular weight excluding hydrogens is 312 g/mol. The van der Waals surface area contributed by atoms with Gasteiger partial charge in [-0.05, 0) is 6.92 Å². The van der Waals surface area contributed by atoms with E-state index in [0.29, 0.717) is 11.3 Å². The fourth-order valence-corrected chi connectivity index (χ4v) is 3.82. The number of esters is 1. The van der Waals surface area contributed by atoms with Crippen LogP contribution in [0.1, 0.15) is 12.1 Å². The highest BCUT2D eigenvalue weighted by atomic mass is 32.2. The van der Waals surface area contributed by atoms with Crippen molar-refractivity contribution < 1.29 is 27.9 Å². The summed E-state index contributed by atoms with van der Waals surface area (Å²) in [5, 5.41) is 8.90. The lowest BCUT2D eigenvalue weighted by molar-refractivity contribution is -0.147. The zero-order valence-electron chi connectivity index (χ0n) is 10.5. The van der Waals surface area contributed by atoms with Gasteiger partial charge >= 0.3 is 16.8 Å². The van der Waals surface area contributed by atoms with Crippen molar-refractivity contribution in [3.63, 3.8) is 0 Å². The summed E-state index contributed by atoms with van der Waals surface area (Å²) < 4.78 is 29.8. The molecule has 0 saturated carbocycles. The number of hydrogen-bond donors (Lipinski definition) is 3. The van der Waals surface area contributed by atoms with Gasteiger partial charge in [0, 0.05) is 5.69 Å². The molecule has 0 fully saturated rings. The van der Waals surface area contributed by atoms with Gasteiger partial charge in [-0.1, -0.05) is 11.3 Å². The van der Waals surface area contributed by atoms with Gasteiger partial charge in [0.05, 0.1) is 13.5 Å². The predicted octanol–water partition coefficient (Wildman–Crippen LogP) is -0.961. The first kappa shape index (κ1) is 16.3. The number of rotatable bonds is 6. The largest absolute Gasteiger partial charge is 0.480 e. The predicted molar refractivity (Wildman–Crippen MR) is 68.1 cm³/mol. The molecule has 11 heteroatoms. The zero-order chi connectivity index (χ0) is 15.5. The second-order valence-electron chi connectivity index (χ2n) is 3.72. The molecule has 112 valence electrons. The Labute approximate surface area is 117 Å². The Morgan fingerprint density at radius 2 is 2.10 bits per heavy atom. The number of carboxylic acid groups (broad SMARTS) is 1. The fraction of sp³-hybridized carbons (Fsp3) is 0.444. The van der Waals surface area contributed by atoms with Gasteiger partial charge in [-0.15, -0.1) is 0 Å². The third kappa shape index (κ3) is 3.88.